The summed E-state index contributed by atoms with van der Waals surface area (Å²) in [6, 6.07) is 12.1. The maximum Gasteiger partial charge on any atom is 0.152 e. The van der Waals surface area contributed by atoms with Crippen molar-refractivity contribution in [1.82, 2.24) is 9.97 Å². The average molecular weight is 331 g/mol. The molecular formula is C14H12BBrN2S. The molecule has 0 fully saturated rings. The van der Waals surface area contributed by atoms with E-state index in [0.29, 0.717) is 0 Å². The molecule has 0 aliphatic rings. The highest BCUT2D eigenvalue weighted by molar-refractivity contribution is 9.11. The van der Waals surface area contributed by atoms with Crippen LogP contribution in [-0.4, -0.2) is 17.8 Å². The number of nitrogens with zero attached hydrogens (tertiary/aromatic N) is 2. The molecule has 3 aromatic heterocycles. The van der Waals surface area contributed by atoms with E-state index in [1.165, 1.54) is 19.7 Å². The third-order valence-electron chi connectivity index (χ3n) is 2.40. The van der Waals surface area contributed by atoms with Gasteiger partial charge in [-0.3, -0.25) is 9.97 Å². The fourth-order valence-electron chi connectivity index (χ4n) is 1.49. The van der Waals surface area contributed by atoms with Crippen molar-refractivity contribution in [3.8, 4) is 11.1 Å². The Labute approximate surface area is 126 Å². The van der Waals surface area contributed by atoms with Gasteiger partial charge in [-0.05, 0) is 62.2 Å². The summed E-state index contributed by atoms with van der Waals surface area (Å²) in [5, 5.41) is 0. The van der Waals surface area contributed by atoms with Crippen molar-refractivity contribution in [3.05, 3.63) is 65.0 Å². The van der Waals surface area contributed by atoms with Crippen molar-refractivity contribution >= 4 is 39.9 Å². The van der Waals surface area contributed by atoms with Crippen molar-refractivity contribution in [2.75, 3.05) is 0 Å². The molecule has 0 radical (unpaired) electrons. The number of aromatic nitrogens is 2. The van der Waals surface area contributed by atoms with E-state index < -0.39 is 0 Å². The van der Waals surface area contributed by atoms with E-state index in [0.717, 1.165) is 0 Å². The van der Waals surface area contributed by atoms with Crippen LogP contribution in [0, 0.1) is 0 Å². The highest BCUT2D eigenvalue weighted by Gasteiger charge is 1.92. The molecule has 0 saturated heterocycles. The zero-order valence-electron chi connectivity index (χ0n) is 10.5. The summed E-state index contributed by atoms with van der Waals surface area (Å²) in [4.78, 5) is 7.91. The van der Waals surface area contributed by atoms with E-state index in [1.807, 2.05) is 24.3 Å². The van der Waals surface area contributed by atoms with Gasteiger partial charge in [-0.1, -0.05) is 6.07 Å². The van der Waals surface area contributed by atoms with Crippen LogP contribution < -0.4 is 4.78 Å². The zero-order chi connectivity index (χ0) is 13.5. The Balaban J connectivity index is 0.000000163. The molecule has 0 bridgehead atoms. The predicted octanol–water partition coefficient (Wildman–Crippen LogP) is 2.91. The third-order valence-corrected chi connectivity index (χ3v) is 3.94. The minimum Gasteiger partial charge on any atom is -0.265 e. The summed E-state index contributed by atoms with van der Waals surface area (Å²) in [6.07, 6.45) is 7.15. The lowest BCUT2D eigenvalue weighted by Gasteiger charge is -1.97. The minimum absolute atomic E-state index is 1.17. The van der Waals surface area contributed by atoms with E-state index in [-0.39, 0.29) is 0 Å². The maximum absolute atomic E-state index is 3.96. The van der Waals surface area contributed by atoms with Gasteiger partial charge < -0.3 is 0 Å². The van der Waals surface area contributed by atoms with Gasteiger partial charge in [-0.15, -0.1) is 11.3 Å². The molecule has 0 N–H and O–H groups in total. The van der Waals surface area contributed by atoms with Gasteiger partial charge in [-0.2, -0.15) is 0 Å². The van der Waals surface area contributed by atoms with Crippen molar-refractivity contribution < 1.29 is 0 Å². The molecule has 0 aliphatic heterocycles. The molecule has 2 nitrogen and oxygen atoms in total. The molecule has 3 aromatic rings. The summed E-state index contributed by atoms with van der Waals surface area (Å²) in [5.41, 5.74) is 2.35. The van der Waals surface area contributed by atoms with Gasteiger partial charge >= 0.3 is 0 Å². The number of thiophene rings is 1. The van der Waals surface area contributed by atoms with Crippen molar-refractivity contribution in [1.29, 1.82) is 0 Å². The largest absolute Gasteiger partial charge is 0.265 e. The smallest absolute Gasteiger partial charge is 0.152 e. The first-order valence-corrected chi connectivity index (χ1v) is 7.39. The van der Waals surface area contributed by atoms with Crippen LogP contribution in [0.25, 0.3) is 11.1 Å². The van der Waals surface area contributed by atoms with Crippen LogP contribution in [0.3, 0.4) is 0 Å². The Bertz CT molecular complexity index is 560. The second-order valence-corrected chi connectivity index (χ2v) is 6.49. The van der Waals surface area contributed by atoms with Gasteiger partial charge in [0.2, 0.25) is 0 Å². The van der Waals surface area contributed by atoms with Crippen LogP contribution in [0.1, 0.15) is 0 Å². The molecule has 19 heavy (non-hydrogen) atoms. The van der Waals surface area contributed by atoms with E-state index in [1.54, 1.807) is 36.1 Å². The van der Waals surface area contributed by atoms with Gasteiger partial charge in [0.15, 0.2) is 7.85 Å². The monoisotopic (exact) mass is 330 g/mol. The first-order valence-electron chi connectivity index (χ1n) is 5.78. The van der Waals surface area contributed by atoms with E-state index in [2.05, 4.69) is 45.9 Å². The van der Waals surface area contributed by atoms with Crippen LogP contribution in [0.4, 0.5) is 0 Å². The topological polar surface area (TPSA) is 25.8 Å². The van der Waals surface area contributed by atoms with Crippen molar-refractivity contribution in [2.24, 2.45) is 0 Å². The number of hydrogen-bond donors (Lipinski definition) is 0. The second kappa shape index (κ2) is 7.21. The third kappa shape index (κ3) is 4.61. The first kappa shape index (κ1) is 14.0. The van der Waals surface area contributed by atoms with Crippen LogP contribution >= 0.6 is 27.3 Å². The molecule has 0 aromatic carbocycles. The fourth-order valence-corrected chi connectivity index (χ4v) is 2.97. The Kier molecular flexibility index (Phi) is 5.30. The van der Waals surface area contributed by atoms with Crippen LogP contribution in [0.15, 0.2) is 65.0 Å². The van der Waals surface area contributed by atoms with Gasteiger partial charge in [0.05, 0.1) is 3.79 Å². The van der Waals surface area contributed by atoms with E-state index >= 15 is 0 Å². The molecule has 0 saturated carbocycles. The zero-order valence-corrected chi connectivity index (χ0v) is 12.9. The van der Waals surface area contributed by atoms with Crippen LogP contribution in [0.5, 0.6) is 0 Å². The molecule has 3 heterocycles. The highest BCUT2D eigenvalue weighted by atomic mass is 79.9. The fraction of sp³-hybridized carbons (Fsp3) is 0. The standard InChI is InChI=1S/C10H8N2.C4H4BBrS/c1-5-11-6-2-9(1)10-3-7-12-8-4-10;5-3-1-2-4(6)7-3/h1-8H;1-2H,5H2. The maximum atomic E-state index is 3.96. The van der Waals surface area contributed by atoms with E-state index in [4.69, 9.17) is 0 Å². The molecule has 3 rings (SSSR count). The van der Waals surface area contributed by atoms with Gasteiger partial charge in [-0.25, -0.2) is 0 Å². The summed E-state index contributed by atoms with van der Waals surface area (Å²) >= 11 is 5.11. The molecule has 0 atom stereocenters. The number of rotatable bonds is 1. The molecular weight excluding hydrogens is 319 g/mol. The highest BCUT2D eigenvalue weighted by Crippen LogP contribution is 2.15. The van der Waals surface area contributed by atoms with Crippen molar-refractivity contribution in [2.45, 2.75) is 0 Å². The molecule has 5 heteroatoms. The SMILES string of the molecule is Bc1ccc(Br)s1.c1cc(-c2ccncc2)ccn1. The van der Waals surface area contributed by atoms with Crippen LogP contribution in [-0.2, 0) is 0 Å². The molecule has 94 valence electrons. The van der Waals surface area contributed by atoms with Crippen molar-refractivity contribution in [3.63, 3.8) is 0 Å². The summed E-state index contributed by atoms with van der Waals surface area (Å²) in [5.74, 6) is 0. The quantitative estimate of drug-likeness (QED) is 0.641. The van der Waals surface area contributed by atoms with Crippen LogP contribution in [0.2, 0.25) is 0 Å². The number of pyridine rings is 2. The average Bonchev–Trinajstić information content (AvgIpc) is 2.85. The molecule has 0 aliphatic carbocycles. The van der Waals surface area contributed by atoms with Gasteiger partial charge in [0.25, 0.3) is 0 Å². The summed E-state index contributed by atoms with van der Waals surface area (Å²) in [6.45, 7) is 0. The molecule has 0 amide bonds. The molecule has 0 unspecified atom stereocenters. The Morgan fingerprint density at radius 1 is 0.789 bits per heavy atom. The Morgan fingerprint density at radius 3 is 1.53 bits per heavy atom. The summed E-state index contributed by atoms with van der Waals surface area (Å²) in [7, 11) is 2.09. The first-order chi connectivity index (χ1) is 9.25. The Morgan fingerprint density at radius 2 is 1.26 bits per heavy atom. The normalized spacial score (nSPS) is 9.53. The second-order valence-electron chi connectivity index (χ2n) is 3.82. The van der Waals surface area contributed by atoms with Gasteiger partial charge in [0, 0.05) is 24.8 Å². The lowest BCUT2D eigenvalue weighted by molar-refractivity contribution is 1.31. The van der Waals surface area contributed by atoms with Gasteiger partial charge in [0.1, 0.15) is 0 Å². The predicted molar refractivity (Wildman–Crippen MR) is 87.7 cm³/mol. The summed E-state index contributed by atoms with van der Waals surface area (Å²) < 4.78 is 2.57. The minimum atomic E-state index is 1.17. The molecule has 0 spiro atoms. The lowest BCUT2D eigenvalue weighted by atomic mass is 10.1. The number of halogens is 1. The Hall–Kier alpha value is -1.46. The number of hydrogen-bond acceptors (Lipinski definition) is 3. The van der Waals surface area contributed by atoms with E-state index in [9.17, 15) is 0 Å². The lowest BCUT2D eigenvalue weighted by Crippen LogP contribution is -1.88.